The summed E-state index contributed by atoms with van der Waals surface area (Å²) in [6.45, 7) is 0. The highest BCUT2D eigenvalue weighted by Crippen LogP contribution is 2.37. The Kier molecular flexibility index (Phi) is 2.89. The highest BCUT2D eigenvalue weighted by Gasteiger charge is 2.21. The number of nitrogens with zero attached hydrogens (tertiary/aromatic N) is 1. The van der Waals surface area contributed by atoms with E-state index in [1.807, 2.05) is 24.4 Å². The number of hydrogen-bond acceptors (Lipinski definition) is 2. The number of benzene rings is 2. The Morgan fingerprint density at radius 2 is 1.67 bits per heavy atom. The molecule has 2 heteroatoms. The van der Waals surface area contributed by atoms with Gasteiger partial charge in [-0.1, -0.05) is 54.6 Å². The molecule has 0 saturated carbocycles. The third-order valence-corrected chi connectivity index (χ3v) is 4.61. The summed E-state index contributed by atoms with van der Waals surface area (Å²) in [5.41, 5.74) is 7.96. The zero-order valence-electron chi connectivity index (χ0n) is 13.1. The van der Waals surface area contributed by atoms with Crippen molar-refractivity contribution in [3.8, 4) is 0 Å². The Labute approximate surface area is 140 Å². The molecule has 0 fully saturated rings. The van der Waals surface area contributed by atoms with Gasteiger partial charge in [0.2, 0.25) is 0 Å². The van der Waals surface area contributed by atoms with Crippen LogP contribution in [0.25, 0.3) is 22.7 Å². The quantitative estimate of drug-likeness (QED) is 0.419. The summed E-state index contributed by atoms with van der Waals surface area (Å²) in [4.78, 5) is 4.54. The van der Waals surface area contributed by atoms with E-state index in [1.165, 1.54) is 27.8 Å². The molecule has 5 rings (SSSR count). The van der Waals surface area contributed by atoms with Gasteiger partial charge in [0.15, 0.2) is 5.58 Å². The summed E-state index contributed by atoms with van der Waals surface area (Å²) in [7, 11) is 0. The van der Waals surface area contributed by atoms with Crippen molar-refractivity contribution in [1.82, 2.24) is 4.98 Å². The number of aromatic nitrogens is 1. The van der Waals surface area contributed by atoms with Gasteiger partial charge in [0.1, 0.15) is 11.3 Å². The van der Waals surface area contributed by atoms with Crippen molar-refractivity contribution in [2.45, 2.75) is 6.42 Å². The maximum absolute atomic E-state index is 6.11. The van der Waals surface area contributed by atoms with E-state index in [0.717, 1.165) is 23.3 Å². The van der Waals surface area contributed by atoms with Crippen molar-refractivity contribution in [3.05, 3.63) is 101 Å². The van der Waals surface area contributed by atoms with E-state index < -0.39 is 0 Å². The maximum atomic E-state index is 6.11. The fourth-order valence-corrected chi connectivity index (χ4v) is 3.48. The molecule has 2 aromatic heterocycles. The smallest absolute Gasteiger partial charge is 0.153 e. The molecule has 2 nitrogen and oxygen atoms in total. The minimum atomic E-state index is 0.836. The molecule has 0 unspecified atom stereocenters. The van der Waals surface area contributed by atoms with Crippen LogP contribution in [0.15, 0.2) is 77.3 Å². The van der Waals surface area contributed by atoms with Crippen LogP contribution in [0.1, 0.15) is 28.0 Å². The molecular formula is C22H15NO. The van der Waals surface area contributed by atoms with Gasteiger partial charge in [-0.2, -0.15) is 0 Å². The third-order valence-electron chi connectivity index (χ3n) is 4.61. The van der Waals surface area contributed by atoms with Crippen LogP contribution in [0, 0.1) is 0 Å². The van der Waals surface area contributed by atoms with E-state index in [1.54, 1.807) is 0 Å². The van der Waals surface area contributed by atoms with Crippen molar-refractivity contribution in [2.24, 2.45) is 0 Å². The van der Waals surface area contributed by atoms with Gasteiger partial charge < -0.3 is 4.42 Å². The zero-order valence-corrected chi connectivity index (χ0v) is 13.1. The first-order chi connectivity index (χ1) is 11.9. The number of fused-ring (bicyclic) bond motifs is 4. The topological polar surface area (TPSA) is 26.0 Å². The summed E-state index contributed by atoms with van der Waals surface area (Å²) in [6, 6.07) is 23.0. The van der Waals surface area contributed by atoms with E-state index in [2.05, 4.69) is 59.6 Å². The van der Waals surface area contributed by atoms with E-state index in [4.69, 9.17) is 4.42 Å². The van der Waals surface area contributed by atoms with Gasteiger partial charge in [-0.15, -0.1) is 0 Å². The Morgan fingerprint density at radius 3 is 2.58 bits per heavy atom. The fraction of sp³-hybridized carbons (Fsp3) is 0.0455. The molecule has 2 heterocycles. The summed E-state index contributed by atoms with van der Waals surface area (Å²) in [5.74, 6) is 0.916. The molecule has 114 valence electrons. The molecule has 0 saturated heterocycles. The molecule has 0 N–H and O–H groups in total. The van der Waals surface area contributed by atoms with Crippen molar-refractivity contribution in [1.29, 1.82) is 0 Å². The normalized spacial score (nSPS) is 13.1. The molecule has 0 spiro atoms. The van der Waals surface area contributed by atoms with E-state index in [9.17, 15) is 0 Å². The fourth-order valence-electron chi connectivity index (χ4n) is 3.48. The summed E-state index contributed by atoms with van der Waals surface area (Å²) >= 11 is 0. The van der Waals surface area contributed by atoms with Gasteiger partial charge in [0, 0.05) is 18.2 Å². The van der Waals surface area contributed by atoms with Gasteiger partial charge >= 0.3 is 0 Å². The van der Waals surface area contributed by atoms with Crippen LogP contribution in [-0.4, -0.2) is 4.98 Å². The van der Waals surface area contributed by atoms with Crippen molar-refractivity contribution in [2.75, 3.05) is 0 Å². The zero-order chi connectivity index (χ0) is 15.9. The van der Waals surface area contributed by atoms with Gasteiger partial charge in [-0.05, 0) is 40.5 Å². The number of hydrogen-bond donors (Lipinski definition) is 0. The number of furan rings is 1. The molecule has 0 amide bonds. The summed E-state index contributed by atoms with van der Waals surface area (Å²) < 4.78 is 6.11. The van der Waals surface area contributed by atoms with E-state index >= 15 is 0 Å². The Balaban J connectivity index is 1.84. The third kappa shape index (κ3) is 2.00. The Morgan fingerprint density at radius 1 is 0.833 bits per heavy atom. The first kappa shape index (κ1) is 13.3. The lowest BCUT2D eigenvalue weighted by atomic mass is 9.93. The summed E-state index contributed by atoms with van der Waals surface area (Å²) in [5, 5.41) is 0. The van der Waals surface area contributed by atoms with Crippen LogP contribution in [0.4, 0.5) is 0 Å². The molecule has 0 radical (unpaired) electrons. The second-order valence-corrected chi connectivity index (χ2v) is 6.05. The predicted molar refractivity (Wildman–Crippen MR) is 96.7 cm³/mol. The predicted octanol–water partition coefficient (Wildman–Crippen LogP) is 5.32. The molecule has 24 heavy (non-hydrogen) atoms. The van der Waals surface area contributed by atoms with Crippen LogP contribution >= 0.6 is 0 Å². The van der Waals surface area contributed by atoms with Crippen molar-refractivity contribution in [3.63, 3.8) is 0 Å². The molecule has 4 aromatic rings. The van der Waals surface area contributed by atoms with Crippen LogP contribution in [0.5, 0.6) is 0 Å². The monoisotopic (exact) mass is 309 g/mol. The molecule has 2 aromatic carbocycles. The van der Waals surface area contributed by atoms with Gasteiger partial charge in [-0.3, -0.25) is 4.98 Å². The first-order valence-electron chi connectivity index (χ1n) is 8.12. The average molecular weight is 309 g/mol. The van der Waals surface area contributed by atoms with Crippen LogP contribution in [0.3, 0.4) is 0 Å². The lowest BCUT2D eigenvalue weighted by Crippen LogP contribution is -1.94. The molecular weight excluding hydrogens is 294 g/mol. The van der Waals surface area contributed by atoms with Crippen LogP contribution in [-0.2, 0) is 6.42 Å². The summed E-state index contributed by atoms with van der Waals surface area (Å²) in [6.07, 6.45) is 4.83. The molecule has 0 aliphatic heterocycles. The van der Waals surface area contributed by atoms with Crippen LogP contribution < -0.4 is 0 Å². The highest BCUT2D eigenvalue weighted by atomic mass is 16.3. The molecule has 0 bridgehead atoms. The van der Waals surface area contributed by atoms with Gasteiger partial charge in [-0.25, -0.2) is 0 Å². The first-order valence-corrected chi connectivity index (χ1v) is 8.12. The minimum Gasteiger partial charge on any atom is -0.455 e. The second-order valence-electron chi connectivity index (χ2n) is 6.05. The minimum absolute atomic E-state index is 0.836. The van der Waals surface area contributed by atoms with Crippen molar-refractivity contribution < 1.29 is 4.42 Å². The molecule has 1 aliphatic rings. The second kappa shape index (κ2) is 5.20. The largest absolute Gasteiger partial charge is 0.455 e. The Bertz CT molecular complexity index is 1070. The van der Waals surface area contributed by atoms with Gasteiger partial charge in [0.25, 0.3) is 0 Å². The lowest BCUT2D eigenvalue weighted by Gasteiger charge is -2.11. The maximum Gasteiger partial charge on any atom is 0.153 e. The van der Waals surface area contributed by atoms with Crippen LogP contribution in [0.2, 0.25) is 0 Å². The Hall–Kier alpha value is -3.13. The standard InChI is InChI=1S/C22H15NO/c1-2-7-15(8-3-1)18-14-21-19(13-16-9-4-5-10-17(16)18)22-20(24-21)11-6-12-23-22/h1-12,14H,13H2. The van der Waals surface area contributed by atoms with Crippen molar-refractivity contribution >= 4 is 22.7 Å². The van der Waals surface area contributed by atoms with E-state index in [0.29, 0.717) is 0 Å². The molecule has 1 aliphatic carbocycles. The number of pyridine rings is 1. The highest BCUT2D eigenvalue weighted by molar-refractivity contribution is 5.96. The van der Waals surface area contributed by atoms with E-state index in [-0.39, 0.29) is 0 Å². The lowest BCUT2D eigenvalue weighted by molar-refractivity contribution is 0.600. The number of rotatable bonds is 1. The van der Waals surface area contributed by atoms with Gasteiger partial charge in [0.05, 0.1) is 0 Å². The average Bonchev–Trinajstić information content (AvgIpc) is 2.89. The molecule has 0 atom stereocenters. The SMILES string of the molecule is C1=C(c2ccccc2)c2ccccc2Cc2c1oc1cccnc21.